The molecule has 0 spiro atoms. The maximum absolute atomic E-state index is 12.4. The van der Waals surface area contributed by atoms with E-state index in [2.05, 4.69) is 5.32 Å². The summed E-state index contributed by atoms with van der Waals surface area (Å²) in [6.45, 7) is -0.0963. The lowest BCUT2D eigenvalue weighted by molar-refractivity contribution is -0.122. The molecule has 1 aliphatic rings. The number of amides is 1. The molecule has 8 heteroatoms. The first-order chi connectivity index (χ1) is 12.8. The zero-order chi connectivity index (χ0) is 19.9. The second-order valence-electron chi connectivity index (χ2n) is 6.98. The molecule has 27 heavy (non-hydrogen) atoms. The zero-order valence-corrected chi connectivity index (χ0v) is 17.2. The Morgan fingerprint density at radius 2 is 1.74 bits per heavy atom. The monoisotopic (exact) mass is 398 g/mol. The summed E-state index contributed by atoms with van der Waals surface area (Å²) in [4.78, 5) is 12.4. The fourth-order valence-electron chi connectivity index (χ4n) is 3.33. The molecule has 7 nitrogen and oxygen atoms in total. The van der Waals surface area contributed by atoms with Gasteiger partial charge in [-0.15, -0.1) is 0 Å². The molecule has 0 aromatic heterocycles. The van der Waals surface area contributed by atoms with Crippen molar-refractivity contribution in [3.05, 3.63) is 23.8 Å². The van der Waals surface area contributed by atoms with Crippen LogP contribution in [0.4, 0.5) is 0 Å². The lowest BCUT2D eigenvalue weighted by atomic mass is 10.1. The van der Waals surface area contributed by atoms with Crippen molar-refractivity contribution in [1.82, 2.24) is 9.62 Å². The molecule has 0 radical (unpaired) electrons. The van der Waals surface area contributed by atoms with Crippen molar-refractivity contribution < 1.29 is 22.7 Å². The lowest BCUT2D eigenvalue weighted by Gasteiger charge is -2.22. The number of hydrogen-bond donors (Lipinski definition) is 1. The van der Waals surface area contributed by atoms with Crippen molar-refractivity contribution in [3.8, 4) is 11.5 Å². The third-order valence-corrected chi connectivity index (χ3v) is 6.01. The van der Waals surface area contributed by atoms with Gasteiger partial charge in [-0.2, -0.15) is 4.31 Å². The summed E-state index contributed by atoms with van der Waals surface area (Å²) >= 11 is 0. The van der Waals surface area contributed by atoms with Crippen LogP contribution in [0.5, 0.6) is 11.5 Å². The first-order valence-corrected chi connectivity index (χ1v) is 11.1. The average Bonchev–Trinajstić information content (AvgIpc) is 2.88. The second kappa shape index (κ2) is 9.94. The fourth-order valence-corrected chi connectivity index (χ4v) is 4.07. The minimum absolute atomic E-state index is 0.0945. The third kappa shape index (κ3) is 6.70. The largest absolute Gasteiger partial charge is 0.493 e. The number of carbonyl (C=O) groups excluding carboxylic acids is 1. The zero-order valence-electron chi connectivity index (χ0n) is 16.4. The highest BCUT2D eigenvalue weighted by Gasteiger charge is 2.23. The van der Waals surface area contributed by atoms with E-state index in [1.54, 1.807) is 18.2 Å². The molecular weight excluding hydrogens is 368 g/mol. The Labute approximate surface area is 162 Å². The summed E-state index contributed by atoms with van der Waals surface area (Å²) in [6.07, 6.45) is 7.63. The Morgan fingerprint density at radius 1 is 1.11 bits per heavy atom. The number of hydrogen-bond acceptors (Lipinski definition) is 5. The summed E-state index contributed by atoms with van der Waals surface area (Å²) in [7, 11) is -0.477. The highest BCUT2D eigenvalue weighted by Crippen LogP contribution is 2.28. The van der Waals surface area contributed by atoms with Gasteiger partial charge in [0.05, 0.1) is 27.0 Å². The number of nitrogens with one attached hydrogen (secondary N) is 1. The Kier molecular flexibility index (Phi) is 7.91. The maximum atomic E-state index is 12.4. The summed E-state index contributed by atoms with van der Waals surface area (Å²) in [5.41, 5.74) is 0.723. The van der Waals surface area contributed by atoms with Crippen molar-refractivity contribution in [3.63, 3.8) is 0 Å². The molecule has 1 aromatic rings. The van der Waals surface area contributed by atoms with Gasteiger partial charge in [-0.3, -0.25) is 4.79 Å². The highest BCUT2D eigenvalue weighted by molar-refractivity contribution is 7.88. The first kappa shape index (κ1) is 21.5. The molecule has 1 saturated carbocycles. The predicted molar refractivity (Wildman–Crippen MR) is 104 cm³/mol. The Morgan fingerprint density at radius 3 is 2.30 bits per heavy atom. The number of sulfonamides is 1. The van der Waals surface area contributed by atoms with Crippen molar-refractivity contribution in [2.45, 2.75) is 51.1 Å². The quantitative estimate of drug-likeness (QED) is 0.679. The van der Waals surface area contributed by atoms with Crippen molar-refractivity contribution >= 4 is 15.9 Å². The van der Waals surface area contributed by atoms with E-state index in [0.29, 0.717) is 11.5 Å². The van der Waals surface area contributed by atoms with E-state index < -0.39 is 10.0 Å². The van der Waals surface area contributed by atoms with Crippen LogP contribution in [0.1, 0.15) is 44.1 Å². The van der Waals surface area contributed by atoms with Crippen LogP contribution < -0.4 is 14.8 Å². The minimum Gasteiger partial charge on any atom is -0.493 e. The van der Waals surface area contributed by atoms with Crippen LogP contribution in [0.2, 0.25) is 0 Å². The number of nitrogens with zero attached hydrogens (tertiary/aromatic N) is 1. The van der Waals surface area contributed by atoms with Gasteiger partial charge in [0.25, 0.3) is 0 Å². The highest BCUT2D eigenvalue weighted by atomic mass is 32.2. The summed E-state index contributed by atoms with van der Waals surface area (Å²) in [5.74, 6) is 0.831. The normalized spacial score (nSPS) is 16.0. The fraction of sp³-hybridized carbons (Fsp3) is 0.632. The van der Waals surface area contributed by atoms with Gasteiger partial charge in [-0.05, 0) is 30.5 Å². The standard InChI is InChI=1S/C19H30N2O5S/c1-25-17-11-10-15(12-18(17)26-2)13-21(27(3,23)24)14-19(22)20-16-8-6-4-5-7-9-16/h10-12,16H,4-9,13-14H2,1-3H3,(H,20,22). The van der Waals surface area contributed by atoms with Crippen LogP contribution in [-0.2, 0) is 21.4 Å². The van der Waals surface area contributed by atoms with Gasteiger partial charge >= 0.3 is 0 Å². The molecule has 1 N–H and O–H groups in total. The Bertz CT molecular complexity index is 728. The second-order valence-corrected chi connectivity index (χ2v) is 8.96. The van der Waals surface area contributed by atoms with Crippen LogP contribution in [0.3, 0.4) is 0 Å². The summed E-state index contributed by atoms with van der Waals surface area (Å²) < 4.78 is 36.0. The van der Waals surface area contributed by atoms with Gasteiger partial charge in [0.1, 0.15) is 0 Å². The van der Waals surface area contributed by atoms with Crippen molar-refractivity contribution in [2.75, 3.05) is 27.0 Å². The van der Waals surface area contributed by atoms with Crippen LogP contribution in [0.25, 0.3) is 0 Å². The molecule has 2 rings (SSSR count). The molecular formula is C19H30N2O5S. The van der Waals surface area contributed by atoms with E-state index in [-0.39, 0.29) is 25.0 Å². The van der Waals surface area contributed by atoms with E-state index in [1.807, 2.05) is 0 Å². The van der Waals surface area contributed by atoms with E-state index in [0.717, 1.165) is 37.5 Å². The van der Waals surface area contributed by atoms with Crippen LogP contribution in [-0.4, -0.2) is 51.7 Å². The van der Waals surface area contributed by atoms with Crippen molar-refractivity contribution in [2.24, 2.45) is 0 Å². The number of methoxy groups -OCH3 is 2. The van der Waals surface area contributed by atoms with Gasteiger partial charge < -0.3 is 14.8 Å². The van der Waals surface area contributed by atoms with Gasteiger partial charge in [-0.25, -0.2) is 8.42 Å². The van der Waals surface area contributed by atoms with Gasteiger partial charge in [0.15, 0.2) is 11.5 Å². The molecule has 0 heterocycles. The van der Waals surface area contributed by atoms with Crippen LogP contribution in [0.15, 0.2) is 18.2 Å². The van der Waals surface area contributed by atoms with E-state index in [1.165, 1.54) is 31.4 Å². The molecule has 1 aliphatic carbocycles. The van der Waals surface area contributed by atoms with Crippen molar-refractivity contribution in [1.29, 1.82) is 0 Å². The topological polar surface area (TPSA) is 84.9 Å². The Balaban J connectivity index is 2.06. The van der Waals surface area contributed by atoms with Crippen LogP contribution >= 0.6 is 0 Å². The molecule has 0 saturated heterocycles. The van der Waals surface area contributed by atoms with Gasteiger partial charge in [-0.1, -0.05) is 31.7 Å². The number of carbonyl (C=O) groups is 1. The lowest BCUT2D eigenvalue weighted by Crippen LogP contribution is -2.43. The maximum Gasteiger partial charge on any atom is 0.235 e. The molecule has 1 fully saturated rings. The molecule has 0 bridgehead atoms. The third-order valence-electron chi connectivity index (χ3n) is 4.82. The van der Waals surface area contributed by atoms with E-state index in [9.17, 15) is 13.2 Å². The molecule has 152 valence electrons. The molecule has 0 atom stereocenters. The van der Waals surface area contributed by atoms with E-state index in [4.69, 9.17) is 9.47 Å². The van der Waals surface area contributed by atoms with Gasteiger partial charge in [0.2, 0.25) is 15.9 Å². The molecule has 1 aromatic carbocycles. The molecule has 1 amide bonds. The minimum atomic E-state index is -3.54. The number of ether oxygens (including phenoxy) is 2. The predicted octanol–water partition coefficient (Wildman–Crippen LogP) is 2.30. The molecule has 0 aliphatic heterocycles. The van der Waals surface area contributed by atoms with Crippen LogP contribution in [0, 0.1) is 0 Å². The van der Waals surface area contributed by atoms with Gasteiger partial charge in [0, 0.05) is 12.6 Å². The summed E-state index contributed by atoms with van der Waals surface area (Å²) in [6, 6.07) is 5.35. The molecule has 0 unspecified atom stereocenters. The SMILES string of the molecule is COc1ccc(CN(CC(=O)NC2CCCCCC2)S(C)(=O)=O)cc1OC. The Hall–Kier alpha value is -1.80. The smallest absolute Gasteiger partial charge is 0.235 e. The summed E-state index contributed by atoms with van der Waals surface area (Å²) in [5, 5.41) is 3.00. The number of benzene rings is 1. The average molecular weight is 399 g/mol. The number of rotatable bonds is 8. The first-order valence-electron chi connectivity index (χ1n) is 9.29. The van der Waals surface area contributed by atoms with E-state index >= 15 is 0 Å².